The van der Waals surface area contributed by atoms with Gasteiger partial charge < -0.3 is 0 Å². The second kappa shape index (κ2) is 4.49. The van der Waals surface area contributed by atoms with Crippen LogP contribution in [0.5, 0.6) is 0 Å². The molecule has 1 aromatic carbocycles. The summed E-state index contributed by atoms with van der Waals surface area (Å²) in [6.45, 7) is 1.93. The van der Waals surface area contributed by atoms with Crippen LogP contribution >= 0.6 is 0 Å². The molecule has 0 aliphatic rings. The minimum atomic E-state index is 0. The summed E-state index contributed by atoms with van der Waals surface area (Å²) in [4.78, 5) is 4.30. The van der Waals surface area contributed by atoms with Crippen LogP contribution in [0.25, 0.3) is 11.4 Å². The Kier molecular flexibility index (Phi) is 3.55. The van der Waals surface area contributed by atoms with Crippen LogP contribution in [0.4, 0.5) is 0 Å². The number of aryl methyl sites for hydroxylation is 2. The van der Waals surface area contributed by atoms with Crippen LogP contribution in [-0.4, -0.2) is 14.8 Å². The Hall–Kier alpha value is -0.991. The Morgan fingerprint density at radius 3 is 2.64 bits per heavy atom. The van der Waals surface area contributed by atoms with E-state index in [1.807, 2.05) is 38.2 Å². The molecule has 4 heteroatoms. The van der Waals surface area contributed by atoms with Crippen LogP contribution in [0, 0.1) is 13.0 Å². The Bertz CT molecular complexity index is 389. The van der Waals surface area contributed by atoms with Gasteiger partial charge in [0.15, 0.2) is 0 Å². The topological polar surface area (TPSA) is 30.7 Å². The summed E-state index contributed by atoms with van der Waals surface area (Å²) in [5.74, 6) is 1.65. The van der Waals surface area contributed by atoms with Crippen molar-refractivity contribution in [1.82, 2.24) is 14.8 Å². The van der Waals surface area contributed by atoms with Crippen molar-refractivity contribution in [1.29, 1.82) is 0 Å². The molecule has 0 aliphatic heterocycles. The van der Waals surface area contributed by atoms with Crippen LogP contribution in [0.15, 0.2) is 24.3 Å². The molecule has 3 nitrogen and oxygen atoms in total. The fourth-order valence-corrected chi connectivity index (χ4v) is 1.11. The van der Waals surface area contributed by atoms with Crippen molar-refractivity contribution < 1.29 is 20.1 Å². The van der Waals surface area contributed by atoms with Gasteiger partial charge in [-0.3, -0.25) is 9.67 Å². The monoisotopic (exact) mass is 365 g/mol. The number of hydrogen-bond donors (Lipinski definition) is 0. The van der Waals surface area contributed by atoms with Gasteiger partial charge in [-0.15, -0.1) is 35.9 Å². The number of benzene rings is 1. The average Bonchev–Trinajstić information content (AvgIpc) is 2.49. The Morgan fingerprint density at radius 2 is 2.14 bits per heavy atom. The van der Waals surface area contributed by atoms with Crippen LogP contribution in [0.3, 0.4) is 0 Å². The van der Waals surface area contributed by atoms with Gasteiger partial charge in [-0.2, -0.15) is 0 Å². The maximum atomic E-state index is 4.30. The van der Waals surface area contributed by atoms with Crippen LogP contribution < -0.4 is 0 Å². The molecule has 0 bridgehead atoms. The van der Waals surface area contributed by atoms with E-state index in [-0.39, 0.29) is 20.1 Å². The molecule has 0 N–H and O–H groups in total. The predicted molar refractivity (Wildman–Crippen MR) is 50.0 cm³/mol. The standard InChI is InChI=1S/C10H10N3.Ir/c1-8-11-10(12-13(8)2)9-6-4-3-5-7-9;/h3-6H,1-2H3;/q-1;. The van der Waals surface area contributed by atoms with Gasteiger partial charge in [-0.25, -0.2) is 5.10 Å². The van der Waals surface area contributed by atoms with E-state index in [1.54, 1.807) is 4.68 Å². The molecule has 0 fully saturated rings. The van der Waals surface area contributed by atoms with E-state index in [1.165, 1.54) is 0 Å². The molecule has 0 aliphatic carbocycles. The number of hydrogen-bond acceptors (Lipinski definition) is 2. The molecule has 1 aromatic heterocycles. The molecule has 0 saturated heterocycles. The van der Waals surface area contributed by atoms with E-state index >= 15 is 0 Å². The van der Waals surface area contributed by atoms with Crippen LogP contribution in [0.1, 0.15) is 5.82 Å². The van der Waals surface area contributed by atoms with Gasteiger partial charge in [0, 0.05) is 27.2 Å². The number of rotatable bonds is 1. The van der Waals surface area contributed by atoms with E-state index < -0.39 is 0 Å². The minimum absolute atomic E-state index is 0. The molecule has 0 amide bonds. The smallest absolute Gasteiger partial charge is 0.113 e. The molecule has 2 aromatic rings. The normalized spacial score (nSPS) is 9.57. The number of nitrogens with zero attached hydrogens (tertiary/aromatic N) is 3. The molecule has 1 heterocycles. The van der Waals surface area contributed by atoms with Gasteiger partial charge in [-0.05, 0) is 6.92 Å². The third kappa shape index (κ3) is 2.08. The van der Waals surface area contributed by atoms with E-state index in [2.05, 4.69) is 16.1 Å². The Labute approximate surface area is 96.5 Å². The zero-order valence-corrected chi connectivity index (χ0v) is 10.4. The summed E-state index contributed by atoms with van der Waals surface area (Å²) < 4.78 is 1.76. The summed E-state index contributed by atoms with van der Waals surface area (Å²) in [5, 5.41) is 4.25. The first kappa shape index (κ1) is 11.1. The molecular formula is C10H10IrN3-. The second-order valence-corrected chi connectivity index (χ2v) is 2.88. The molecular weight excluding hydrogens is 354 g/mol. The number of aromatic nitrogens is 3. The molecule has 75 valence electrons. The van der Waals surface area contributed by atoms with E-state index in [4.69, 9.17) is 0 Å². The average molecular weight is 364 g/mol. The maximum Gasteiger partial charge on any atom is 0.113 e. The Balaban J connectivity index is 0.000000980. The molecule has 14 heavy (non-hydrogen) atoms. The Morgan fingerprint density at radius 1 is 1.36 bits per heavy atom. The molecule has 0 spiro atoms. The third-order valence-corrected chi connectivity index (χ3v) is 1.93. The predicted octanol–water partition coefficient (Wildman–Crippen LogP) is 1.59. The van der Waals surface area contributed by atoms with E-state index in [9.17, 15) is 0 Å². The van der Waals surface area contributed by atoms with Gasteiger partial charge in [-0.1, -0.05) is 0 Å². The summed E-state index contributed by atoms with van der Waals surface area (Å²) in [6, 6.07) is 10.8. The van der Waals surface area contributed by atoms with Crippen LogP contribution in [-0.2, 0) is 27.2 Å². The molecule has 1 radical (unpaired) electrons. The summed E-state index contributed by atoms with van der Waals surface area (Å²) >= 11 is 0. The van der Waals surface area contributed by atoms with Gasteiger partial charge in [0.2, 0.25) is 0 Å². The zero-order chi connectivity index (χ0) is 9.26. The molecule has 0 atom stereocenters. The zero-order valence-electron chi connectivity index (χ0n) is 7.98. The third-order valence-electron chi connectivity index (χ3n) is 1.93. The maximum absolute atomic E-state index is 4.30. The largest absolute Gasteiger partial charge is 0.263 e. The van der Waals surface area contributed by atoms with Crippen molar-refractivity contribution in [2.45, 2.75) is 6.92 Å². The van der Waals surface area contributed by atoms with E-state index in [0.29, 0.717) is 0 Å². The first-order chi connectivity index (χ1) is 6.27. The fourth-order valence-electron chi connectivity index (χ4n) is 1.11. The quantitative estimate of drug-likeness (QED) is 0.720. The fraction of sp³-hybridized carbons (Fsp3) is 0.200. The summed E-state index contributed by atoms with van der Waals surface area (Å²) in [6.07, 6.45) is 0. The molecule has 0 unspecified atom stereocenters. The van der Waals surface area contributed by atoms with Crippen molar-refractivity contribution >= 4 is 0 Å². The summed E-state index contributed by atoms with van der Waals surface area (Å²) in [5.41, 5.74) is 0.936. The SMILES string of the molecule is Cc1nc(-c2[c-]cccc2)nn1C.[Ir]. The van der Waals surface area contributed by atoms with Crippen molar-refractivity contribution in [3.05, 3.63) is 36.2 Å². The van der Waals surface area contributed by atoms with Gasteiger partial charge in [0.05, 0.1) is 5.82 Å². The minimum Gasteiger partial charge on any atom is -0.263 e. The van der Waals surface area contributed by atoms with Gasteiger partial charge >= 0.3 is 0 Å². The first-order valence-corrected chi connectivity index (χ1v) is 4.12. The molecule has 0 saturated carbocycles. The van der Waals surface area contributed by atoms with Crippen molar-refractivity contribution in [2.75, 3.05) is 0 Å². The van der Waals surface area contributed by atoms with E-state index in [0.717, 1.165) is 17.2 Å². The van der Waals surface area contributed by atoms with Gasteiger partial charge in [0.25, 0.3) is 0 Å². The second-order valence-electron chi connectivity index (χ2n) is 2.88. The summed E-state index contributed by atoms with van der Waals surface area (Å²) in [7, 11) is 1.88. The van der Waals surface area contributed by atoms with Gasteiger partial charge in [0.1, 0.15) is 5.82 Å². The van der Waals surface area contributed by atoms with Crippen molar-refractivity contribution in [3.63, 3.8) is 0 Å². The van der Waals surface area contributed by atoms with Crippen molar-refractivity contribution in [2.24, 2.45) is 7.05 Å². The first-order valence-electron chi connectivity index (χ1n) is 4.12. The molecule has 2 rings (SSSR count). The van der Waals surface area contributed by atoms with Crippen molar-refractivity contribution in [3.8, 4) is 11.4 Å². The van der Waals surface area contributed by atoms with Crippen LogP contribution in [0.2, 0.25) is 0 Å².